The van der Waals surface area contributed by atoms with Crippen molar-refractivity contribution < 1.29 is 14.3 Å². The lowest BCUT2D eigenvalue weighted by Gasteiger charge is -2.39. The largest absolute Gasteiger partial charge is 0.493 e. The predicted molar refractivity (Wildman–Crippen MR) is 95.6 cm³/mol. The van der Waals surface area contributed by atoms with Crippen LogP contribution in [0.15, 0.2) is 18.2 Å². The Balaban J connectivity index is 2.29. The predicted octanol–water partition coefficient (Wildman–Crippen LogP) is 2.76. The Morgan fingerprint density at radius 1 is 1.17 bits per heavy atom. The Kier molecular flexibility index (Phi) is 5.75. The Morgan fingerprint density at radius 3 is 2.33 bits per heavy atom. The van der Waals surface area contributed by atoms with Crippen molar-refractivity contribution in [3.05, 3.63) is 23.8 Å². The zero-order valence-electron chi connectivity index (χ0n) is 15.3. The molecular formula is C19H30N2O3. The highest BCUT2D eigenvalue weighted by Gasteiger charge is 2.36. The third kappa shape index (κ3) is 4.01. The third-order valence-corrected chi connectivity index (χ3v) is 4.98. The Labute approximate surface area is 144 Å². The summed E-state index contributed by atoms with van der Waals surface area (Å²) >= 11 is 0. The van der Waals surface area contributed by atoms with Crippen LogP contribution in [0.4, 0.5) is 0 Å². The van der Waals surface area contributed by atoms with Gasteiger partial charge < -0.3 is 20.5 Å². The summed E-state index contributed by atoms with van der Waals surface area (Å²) in [5.41, 5.74) is 6.16. The fraction of sp³-hybridized carbons (Fsp3) is 0.632. The summed E-state index contributed by atoms with van der Waals surface area (Å²) < 4.78 is 10.8. The van der Waals surface area contributed by atoms with Gasteiger partial charge in [0, 0.05) is 12.0 Å². The summed E-state index contributed by atoms with van der Waals surface area (Å²) in [4.78, 5) is 12.2. The lowest BCUT2D eigenvalue weighted by atomic mass is 9.69. The van der Waals surface area contributed by atoms with Gasteiger partial charge in [0.25, 0.3) is 0 Å². The van der Waals surface area contributed by atoms with E-state index in [0.29, 0.717) is 6.54 Å². The van der Waals surface area contributed by atoms with E-state index in [-0.39, 0.29) is 11.3 Å². The molecule has 1 aliphatic carbocycles. The smallest absolute Gasteiger partial charge is 0.239 e. The normalized spacial score (nSPS) is 17.2. The lowest BCUT2D eigenvalue weighted by molar-refractivity contribution is -0.125. The first-order valence-electron chi connectivity index (χ1n) is 8.62. The second-order valence-electron chi connectivity index (χ2n) is 7.32. The number of nitrogens with two attached hydrogens (primary N) is 1. The van der Waals surface area contributed by atoms with E-state index in [1.54, 1.807) is 28.1 Å². The molecule has 1 amide bonds. The fourth-order valence-electron chi connectivity index (χ4n) is 3.44. The SMILES string of the molecule is COc1ccc(C2(CNC(=O)C(C)(C)N)CCCCC2)cc1OC. The Bertz CT molecular complexity index is 572. The van der Waals surface area contributed by atoms with E-state index in [0.717, 1.165) is 37.2 Å². The van der Waals surface area contributed by atoms with Gasteiger partial charge in [-0.3, -0.25) is 4.79 Å². The Morgan fingerprint density at radius 2 is 1.79 bits per heavy atom. The molecule has 1 aromatic rings. The van der Waals surface area contributed by atoms with Gasteiger partial charge in [0.05, 0.1) is 19.8 Å². The van der Waals surface area contributed by atoms with Gasteiger partial charge in [0.1, 0.15) is 0 Å². The molecule has 1 aromatic carbocycles. The molecule has 1 saturated carbocycles. The van der Waals surface area contributed by atoms with Gasteiger partial charge in [0.2, 0.25) is 5.91 Å². The number of amides is 1. The molecule has 1 aliphatic rings. The van der Waals surface area contributed by atoms with Crippen molar-refractivity contribution in [3.8, 4) is 11.5 Å². The molecule has 0 unspecified atom stereocenters. The molecular weight excluding hydrogens is 304 g/mol. The van der Waals surface area contributed by atoms with Crippen LogP contribution >= 0.6 is 0 Å². The highest BCUT2D eigenvalue weighted by Crippen LogP contribution is 2.42. The number of carbonyl (C=O) groups is 1. The van der Waals surface area contributed by atoms with E-state index in [1.807, 2.05) is 12.1 Å². The zero-order chi connectivity index (χ0) is 17.8. The summed E-state index contributed by atoms with van der Waals surface area (Å²) in [7, 11) is 3.28. The molecule has 0 spiro atoms. The van der Waals surface area contributed by atoms with Gasteiger partial charge in [-0.25, -0.2) is 0 Å². The second kappa shape index (κ2) is 7.43. The summed E-state index contributed by atoms with van der Waals surface area (Å²) in [6.45, 7) is 4.06. The fourth-order valence-corrected chi connectivity index (χ4v) is 3.44. The maximum atomic E-state index is 12.2. The molecule has 1 fully saturated rings. The van der Waals surface area contributed by atoms with Crippen molar-refractivity contribution >= 4 is 5.91 Å². The molecule has 5 nitrogen and oxygen atoms in total. The van der Waals surface area contributed by atoms with Crippen LogP contribution in [0.25, 0.3) is 0 Å². The zero-order valence-corrected chi connectivity index (χ0v) is 15.3. The molecule has 0 radical (unpaired) electrons. The minimum atomic E-state index is -0.868. The lowest BCUT2D eigenvalue weighted by Crippen LogP contribution is -2.52. The van der Waals surface area contributed by atoms with Crippen LogP contribution in [0.1, 0.15) is 51.5 Å². The van der Waals surface area contributed by atoms with Crippen LogP contribution in [0.5, 0.6) is 11.5 Å². The highest BCUT2D eigenvalue weighted by molar-refractivity contribution is 5.85. The number of methoxy groups -OCH3 is 2. The van der Waals surface area contributed by atoms with Gasteiger partial charge in [-0.1, -0.05) is 25.3 Å². The molecule has 0 aromatic heterocycles. The van der Waals surface area contributed by atoms with Crippen LogP contribution in [0, 0.1) is 0 Å². The summed E-state index contributed by atoms with van der Waals surface area (Å²) in [5, 5.41) is 3.06. The molecule has 5 heteroatoms. The highest BCUT2D eigenvalue weighted by atomic mass is 16.5. The molecule has 24 heavy (non-hydrogen) atoms. The third-order valence-electron chi connectivity index (χ3n) is 4.98. The first-order valence-corrected chi connectivity index (χ1v) is 8.62. The minimum absolute atomic E-state index is 0.0707. The molecule has 0 heterocycles. The molecule has 0 aliphatic heterocycles. The van der Waals surface area contributed by atoms with Gasteiger partial charge >= 0.3 is 0 Å². The van der Waals surface area contributed by atoms with Crippen molar-refractivity contribution in [1.29, 1.82) is 0 Å². The van der Waals surface area contributed by atoms with Crippen LogP contribution in [0.2, 0.25) is 0 Å². The van der Waals surface area contributed by atoms with Crippen molar-refractivity contribution in [2.24, 2.45) is 5.73 Å². The van der Waals surface area contributed by atoms with Gasteiger partial charge in [-0.2, -0.15) is 0 Å². The van der Waals surface area contributed by atoms with Crippen molar-refractivity contribution in [1.82, 2.24) is 5.32 Å². The summed E-state index contributed by atoms with van der Waals surface area (Å²) in [6, 6.07) is 6.08. The van der Waals surface area contributed by atoms with Crippen LogP contribution in [-0.4, -0.2) is 32.2 Å². The van der Waals surface area contributed by atoms with E-state index < -0.39 is 5.54 Å². The molecule has 0 bridgehead atoms. The standard InChI is InChI=1S/C19H30N2O3/c1-18(2,20)17(22)21-13-19(10-6-5-7-11-19)14-8-9-15(23-3)16(12-14)24-4/h8-9,12H,5-7,10-11,13,20H2,1-4H3,(H,21,22). The topological polar surface area (TPSA) is 73.6 Å². The van der Waals surface area contributed by atoms with Crippen LogP contribution in [-0.2, 0) is 10.2 Å². The monoisotopic (exact) mass is 334 g/mol. The van der Waals surface area contributed by atoms with Gasteiger partial charge in [-0.15, -0.1) is 0 Å². The van der Waals surface area contributed by atoms with Gasteiger partial charge in [0.15, 0.2) is 11.5 Å². The van der Waals surface area contributed by atoms with E-state index in [9.17, 15) is 4.79 Å². The number of benzene rings is 1. The summed E-state index contributed by atoms with van der Waals surface area (Å²) in [6.07, 6.45) is 5.67. The number of rotatable bonds is 6. The number of hydrogen-bond acceptors (Lipinski definition) is 4. The van der Waals surface area contributed by atoms with Crippen LogP contribution < -0.4 is 20.5 Å². The number of nitrogens with one attached hydrogen (secondary N) is 1. The number of carbonyl (C=O) groups excluding carboxylic acids is 1. The Hall–Kier alpha value is -1.75. The van der Waals surface area contributed by atoms with Crippen LogP contribution in [0.3, 0.4) is 0 Å². The summed E-state index contributed by atoms with van der Waals surface area (Å²) in [5.74, 6) is 1.33. The molecule has 3 N–H and O–H groups in total. The first kappa shape index (κ1) is 18.6. The molecule has 0 saturated heterocycles. The maximum absolute atomic E-state index is 12.2. The quantitative estimate of drug-likeness (QED) is 0.839. The number of hydrogen-bond donors (Lipinski definition) is 2. The van der Waals surface area contributed by atoms with Crippen molar-refractivity contribution in [2.45, 2.75) is 56.9 Å². The van der Waals surface area contributed by atoms with E-state index in [1.165, 1.54) is 12.0 Å². The average molecular weight is 334 g/mol. The minimum Gasteiger partial charge on any atom is -0.493 e. The second-order valence-corrected chi connectivity index (χ2v) is 7.32. The maximum Gasteiger partial charge on any atom is 0.239 e. The van der Waals surface area contributed by atoms with Gasteiger partial charge in [-0.05, 0) is 44.4 Å². The average Bonchev–Trinajstić information content (AvgIpc) is 2.59. The van der Waals surface area contributed by atoms with Crippen molar-refractivity contribution in [2.75, 3.05) is 20.8 Å². The molecule has 134 valence electrons. The van der Waals surface area contributed by atoms with E-state index in [2.05, 4.69) is 11.4 Å². The van der Waals surface area contributed by atoms with E-state index >= 15 is 0 Å². The number of ether oxygens (including phenoxy) is 2. The molecule has 0 atom stereocenters. The van der Waals surface area contributed by atoms with E-state index in [4.69, 9.17) is 15.2 Å². The molecule has 2 rings (SSSR count). The first-order chi connectivity index (χ1) is 11.3. The van der Waals surface area contributed by atoms with Crippen molar-refractivity contribution in [3.63, 3.8) is 0 Å².